The molecule has 0 bridgehead atoms. The van der Waals surface area contributed by atoms with E-state index in [1.54, 1.807) is 31.2 Å². The minimum atomic E-state index is -0.976. The molecule has 0 heterocycles. The zero-order valence-electron chi connectivity index (χ0n) is 10.2. The molecule has 0 aliphatic carbocycles. The highest BCUT2D eigenvalue weighted by Gasteiger charge is 2.12. The molecule has 0 saturated heterocycles. The summed E-state index contributed by atoms with van der Waals surface area (Å²) < 4.78 is 13.2. The standard InChI is InChI=1S/C15H13FO2/c1-9-3-5-12(13(7-9)15(17)18)11-4-6-14(16)10(2)8-11/h3-8H,1-2H3,(H,17,18). The monoisotopic (exact) mass is 244 g/mol. The summed E-state index contributed by atoms with van der Waals surface area (Å²) in [5.41, 5.74) is 2.95. The number of hydrogen-bond donors (Lipinski definition) is 1. The van der Waals surface area contributed by atoms with E-state index in [1.165, 1.54) is 6.07 Å². The van der Waals surface area contributed by atoms with Crippen LogP contribution in [0.25, 0.3) is 11.1 Å². The number of aryl methyl sites for hydroxylation is 2. The maximum atomic E-state index is 13.2. The molecule has 0 unspecified atom stereocenters. The van der Waals surface area contributed by atoms with Gasteiger partial charge in [-0.05, 0) is 48.7 Å². The molecule has 0 aliphatic rings. The molecule has 0 spiro atoms. The van der Waals surface area contributed by atoms with E-state index in [-0.39, 0.29) is 11.4 Å². The van der Waals surface area contributed by atoms with Gasteiger partial charge in [0.25, 0.3) is 0 Å². The summed E-state index contributed by atoms with van der Waals surface area (Å²) >= 11 is 0. The first-order valence-electron chi connectivity index (χ1n) is 5.59. The SMILES string of the molecule is Cc1ccc(-c2ccc(F)c(C)c2)c(C(=O)O)c1. The zero-order chi connectivity index (χ0) is 13.3. The molecule has 0 radical (unpaired) electrons. The van der Waals surface area contributed by atoms with E-state index >= 15 is 0 Å². The van der Waals surface area contributed by atoms with Crippen molar-refractivity contribution in [3.63, 3.8) is 0 Å². The normalized spacial score (nSPS) is 10.4. The Morgan fingerprint density at radius 2 is 1.83 bits per heavy atom. The summed E-state index contributed by atoms with van der Waals surface area (Å²) in [4.78, 5) is 11.2. The fraction of sp³-hybridized carbons (Fsp3) is 0.133. The van der Waals surface area contributed by atoms with Crippen molar-refractivity contribution < 1.29 is 14.3 Å². The maximum absolute atomic E-state index is 13.2. The Morgan fingerprint density at radius 3 is 2.44 bits per heavy atom. The van der Waals surface area contributed by atoms with Gasteiger partial charge in [0.2, 0.25) is 0 Å². The fourth-order valence-electron chi connectivity index (χ4n) is 1.90. The van der Waals surface area contributed by atoms with Crippen molar-refractivity contribution in [2.45, 2.75) is 13.8 Å². The largest absolute Gasteiger partial charge is 0.478 e. The van der Waals surface area contributed by atoms with Gasteiger partial charge in [-0.1, -0.05) is 23.8 Å². The highest BCUT2D eigenvalue weighted by atomic mass is 19.1. The van der Waals surface area contributed by atoms with Crippen LogP contribution in [-0.2, 0) is 0 Å². The van der Waals surface area contributed by atoms with Crippen molar-refractivity contribution in [1.82, 2.24) is 0 Å². The van der Waals surface area contributed by atoms with E-state index in [9.17, 15) is 14.3 Å². The van der Waals surface area contributed by atoms with Crippen LogP contribution >= 0.6 is 0 Å². The zero-order valence-corrected chi connectivity index (χ0v) is 10.2. The minimum absolute atomic E-state index is 0.237. The number of hydrogen-bond acceptors (Lipinski definition) is 1. The minimum Gasteiger partial charge on any atom is -0.478 e. The predicted octanol–water partition coefficient (Wildman–Crippen LogP) is 3.81. The molecule has 18 heavy (non-hydrogen) atoms. The molecule has 92 valence electrons. The van der Waals surface area contributed by atoms with E-state index < -0.39 is 5.97 Å². The molecule has 1 N–H and O–H groups in total. The Morgan fingerprint density at radius 1 is 1.11 bits per heavy atom. The second-order valence-corrected chi connectivity index (χ2v) is 4.32. The topological polar surface area (TPSA) is 37.3 Å². The molecule has 2 aromatic carbocycles. The van der Waals surface area contributed by atoms with Crippen LogP contribution in [-0.4, -0.2) is 11.1 Å². The van der Waals surface area contributed by atoms with Crippen molar-refractivity contribution in [1.29, 1.82) is 0 Å². The molecule has 0 amide bonds. The van der Waals surface area contributed by atoms with E-state index in [0.717, 1.165) is 5.56 Å². The molecule has 0 aromatic heterocycles. The van der Waals surface area contributed by atoms with Gasteiger partial charge >= 0.3 is 5.97 Å². The van der Waals surface area contributed by atoms with Crippen molar-refractivity contribution in [2.24, 2.45) is 0 Å². The summed E-state index contributed by atoms with van der Waals surface area (Å²) in [5.74, 6) is -1.27. The fourth-order valence-corrected chi connectivity index (χ4v) is 1.90. The van der Waals surface area contributed by atoms with Crippen LogP contribution in [0.15, 0.2) is 36.4 Å². The van der Waals surface area contributed by atoms with Crippen LogP contribution in [0.3, 0.4) is 0 Å². The van der Waals surface area contributed by atoms with Crippen LogP contribution in [0, 0.1) is 19.7 Å². The summed E-state index contributed by atoms with van der Waals surface area (Å²) in [7, 11) is 0. The molecular weight excluding hydrogens is 231 g/mol. The van der Waals surface area contributed by atoms with Gasteiger partial charge in [0.15, 0.2) is 0 Å². The number of carboxylic acids is 1. The summed E-state index contributed by atoms with van der Waals surface area (Å²) in [5, 5.41) is 9.20. The average Bonchev–Trinajstić information content (AvgIpc) is 2.32. The summed E-state index contributed by atoms with van der Waals surface area (Å²) in [6.07, 6.45) is 0. The molecule has 0 atom stereocenters. The third-order valence-corrected chi connectivity index (χ3v) is 2.87. The first-order valence-corrected chi connectivity index (χ1v) is 5.59. The number of halogens is 1. The predicted molar refractivity (Wildman–Crippen MR) is 68.3 cm³/mol. The van der Waals surface area contributed by atoms with Gasteiger partial charge < -0.3 is 5.11 Å². The van der Waals surface area contributed by atoms with Crippen LogP contribution in [0.4, 0.5) is 4.39 Å². The molecule has 0 aliphatic heterocycles. The van der Waals surface area contributed by atoms with Crippen LogP contribution in [0.5, 0.6) is 0 Å². The first kappa shape index (κ1) is 12.3. The van der Waals surface area contributed by atoms with Gasteiger partial charge in [-0.15, -0.1) is 0 Å². The van der Waals surface area contributed by atoms with Crippen molar-refractivity contribution in [2.75, 3.05) is 0 Å². The van der Waals surface area contributed by atoms with Crippen molar-refractivity contribution in [3.05, 3.63) is 58.9 Å². The Bertz CT molecular complexity index is 618. The Kier molecular flexibility index (Phi) is 3.15. The third-order valence-electron chi connectivity index (χ3n) is 2.87. The number of carbonyl (C=O) groups is 1. The number of aromatic carboxylic acids is 1. The first-order chi connectivity index (χ1) is 8.49. The second kappa shape index (κ2) is 4.61. The van der Waals surface area contributed by atoms with Gasteiger partial charge in [0, 0.05) is 0 Å². The molecule has 3 heteroatoms. The number of carboxylic acid groups (broad SMARTS) is 1. The lowest BCUT2D eigenvalue weighted by molar-refractivity contribution is 0.0697. The van der Waals surface area contributed by atoms with Crippen LogP contribution < -0.4 is 0 Å². The molecule has 0 fully saturated rings. The van der Waals surface area contributed by atoms with Gasteiger partial charge in [0.05, 0.1) is 5.56 Å². The Labute approximate surface area is 105 Å². The van der Waals surface area contributed by atoms with E-state index in [1.807, 2.05) is 13.0 Å². The molecule has 2 aromatic rings. The second-order valence-electron chi connectivity index (χ2n) is 4.32. The van der Waals surface area contributed by atoms with Crippen molar-refractivity contribution in [3.8, 4) is 11.1 Å². The average molecular weight is 244 g/mol. The lowest BCUT2D eigenvalue weighted by Crippen LogP contribution is -2.00. The smallest absolute Gasteiger partial charge is 0.336 e. The van der Waals surface area contributed by atoms with Gasteiger partial charge in [-0.2, -0.15) is 0 Å². The molecule has 2 nitrogen and oxygen atoms in total. The quantitative estimate of drug-likeness (QED) is 0.872. The summed E-state index contributed by atoms with van der Waals surface area (Å²) in [6.45, 7) is 3.50. The van der Waals surface area contributed by atoms with Gasteiger partial charge in [-0.3, -0.25) is 0 Å². The van der Waals surface area contributed by atoms with Crippen molar-refractivity contribution >= 4 is 5.97 Å². The number of rotatable bonds is 2. The van der Waals surface area contributed by atoms with E-state index in [2.05, 4.69) is 0 Å². The molecule has 0 saturated carbocycles. The molecular formula is C15H13FO2. The maximum Gasteiger partial charge on any atom is 0.336 e. The Hall–Kier alpha value is -2.16. The van der Waals surface area contributed by atoms with Crippen LogP contribution in [0.1, 0.15) is 21.5 Å². The molecule has 2 rings (SSSR count). The van der Waals surface area contributed by atoms with E-state index in [4.69, 9.17) is 0 Å². The van der Waals surface area contributed by atoms with Crippen LogP contribution in [0.2, 0.25) is 0 Å². The Balaban J connectivity index is 2.63. The summed E-state index contributed by atoms with van der Waals surface area (Å²) in [6, 6.07) is 9.84. The lowest BCUT2D eigenvalue weighted by Gasteiger charge is -2.08. The highest BCUT2D eigenvalue weighted by Crippen LogP contribution is 2.26. The van der Waals surface area contributed by atoms with Gasteiger partial charge in [-0.25, -0.2) is 9.18 Å². The lowest BCUT2D eigenvalue weighted by atomic mass is 9.96. The van der Waals surface area contributed by atoms with Gasteiger partial charge in [0.1, 0.15) is 5.82 Å². The highest BCUT2D eigenvalue weighted by molar-refractivity contribution is 5.96. The number of benzene rings is 2. The van der Waals surface area contributed by atoms with E-state index in [0.29, 0.717) is 16.7 Å². The third kappa shape index (κ3) is 2.25.